The first-order valence-electron chi connectivity index (χ1n) is 10.5. The van der Waals surface area contributed by atoms with Crippen molar-refractivity contribution >= 4 is 22.5 Å². The van der Waals surface area contributed by atoms with Crippen LogP contribution < -0.4 is 10.1 Å². The fourth-order valence-corrected chi connectivity index (χ4v) is 3.92. The van der Waals surface area contributed by atoms with E-state index in [0.717, 1.165) is 16.5 Å². The van der Waals surface area contributed by atoms with Crippen molar-refractivity contribution in [1.29, 1.82) is 0 Å². The number of hydrogen-bond acceptors (Lipinski definition) is 5. The lowest BCUT2D eigenvalue weighted by atomic mass is 10.2. The number of anilines is 1. The van der Waals surface area contributed by atoms with Crippen molar-refractivity contribution in [2.24, 2.45) is 0 Å². The summed E-state index contributed by atoms with van der Waals surface area (Å²) < 4.78 is 9.07. The van der Waals surface area contributed by atoms with E-state index in [1.165, 1.54) is 0 Å². The largest absolute Gasteiger partial charge is 0.494 e. The van der Waals surface area contributed by atoms with E-state index in [4.69, 9.17) is 4.74 Å². The molecule has 0 aliphatic carbocycles. The monoisotopic (exact) mass is 438 g/mol. The van der Waals surface area contributed by atoms with Crippen LogP contribution in [0.1, 0.15) is 21.9 Å². The summed E-state index contributed by atoms with van der Waals surface area (Å²) >= 11 is 0. The molecule has 8 heteroatoms. The zero-order valence-corrected chi connectivity index (χ0v) is 18.3. The summed E-state index contributed by atoms with van der Waals surface area (Å²) in [6, 6.07) is 25.4. The number of rotatable bonds is 6. The van der Waals surface area contributed by atoms with Gasteiger partial charge in [-0.3, -0.25) is 4.79 Å². The number of benzene rings is 3. The van der Waals surface area contributed by atoms with Crippen LogP contribution in [0.25, 0.3) is 16.6 Å². The zero-order chi connectivity index (χ0) is 22.8. The number of amides is 1. The summed E-state index contributed by atoms with van der Waals surface area (Å²) in [4.78, 5) is 13.4. The van der Waals surface area contributed by atoms with Crippen LogP contribution in [0.5, 0.6) is 5.75 Å². The second kappa shape index (κ2) is 8.58. The summed E-state index contributed by atoms with van der Waals surface area (Å²) in [5.74, 6) is 1.01. The molecule has 0 unspecified atom stereocenters. The Bertz CT molecular complexity index is 1440. The van der Waals surface area contributed by atoms with E-state index in [2.05, 4.69) is 33.0 Å². The highest BCUT2D eigenvalue weighted by molar-refractivity contribution is 6.06. The van der Waals surface area contributed by atoms with Gasteiger partial charge in [-0.05, 0) is 53.2 Å². The van der Waals surface area contributed by atoms with Gasteiger partial charge in [-0.1, -0.05) is 48.5 Å². The van der Waals surface area contributed by atoms with Gasteiger partial charge in [-0.25, -0.2) is 0 Å². The molecule has 0 fully saturated rings. The normalized spacial score (nSPS) is 11.0. The van der Waals surface area contributed by atoms with Crippen LogP contribution in [0, 0.1) is 6.92 Å². The number of hydrogen-bond donors (Lipinski definition) is 1. The van der Waals surface area contributed by atoms with Crippen molar-refractivity contribution in [3.05, 3.63) is 95.9 Å². The average molecular weight is 438 g/mol. The van der Waals surface area contributed by atoms with Crippen LogP contribution in [0.4, 0.5) is 5.69 Å². The van der Waals surface area contributed by atoms with E-state index >= 15 is 0 Å². The van der Waals surface area contributed by atoms with Crippen LogP contribution >= 0.6 is 0 Å². The Morgan fingerprint density at radius 3 is 2.55 bits per heavy atom. The van der Waals surface area contributed by atoms with Crippen LogP contribution in [-0.2, 0) is 6.54 Å². The zero-order valence-electron chi connectivity index (χ0n) is 18.3. The molecule has 33 heavy (non-hydrogen) atoms. The van der Waals surface area contributed by atoms with Gasteiger partial charge < -0.3 is 14.6 Å². The molecule has 164 valence electrons. The number of carbonyl (C=O) groups is 1. The Morgan fingerprint density at radius 1 is 1.00 bits per heavy atom. The number of aromatic nitrogens is 5. The number of carbonyl (C=O) groups excluding carboxylic acids is 1. The topological polar surface area (TPSA) is 86.9 Å². The van der Waals surface area contributed by atoms with Crippen molar-refractivity contribution in [3.63, 3.8) is 0 Å². The van der Waals surface area contributed by atoms with Crippen molar-refractivity contribution in [2.45, 2.75) is 13.5 Å². The third-order valence-corrected chi connectivity index (χ3v) is 5.52. The van der Waals surface area contributed by atoms with E-state index in [1.54, 1.807) is 36.9 Å². The summed E-state index contributed by atoms with van der Waals surface area (Å²) in [6.45, 7) is 2.39. The molecule has 5 rings (SSSR count). The standard InChI is InChI=1S/C25H22N6O2/c1-17-27-28-29-31(17)22-15-20(12-13-24(22)33-2)26-25(32)23-14-19-10-6-7-11-21(19)30(23)16-18-8-4-3-5-9-18/h3-15H,16H2,1-2H3,(H,26,32). The molecule has 5 aromatic rings. The molecule has 3 aromatic carbocycles. The Labute approximate surface area is 190 Å². The quantitative estimate of drug-likeness (QED) is 0.429. The van der Waals surface area contributed by atoms with Crippen LogP contribution in [0.3, 0.4) is 0 Å². The Balaban J connectivity index is 1.51. The predicted molar refractivity (Wildman–Crippen MR) is 126 cm³/mol. The van der Waals surface area contributed by atoms with Crippen molar-refractivity contribution in [3.8, 4) is 11.4 Å². The molecular weight excluding hydrogens is 416 g/mol. The smallest absolute Gasteiger partial charge is 0.272 e. The van der Waals surface area contributed by atoms with Gasteiger partial charge in [0.2, 0.25) is 0 Å². The first kappa shape index (κ1) is 20.4. The van der Waals surface area contributed by atoms with Crippen molar-refractivity contribution in [2.75, 3.05) is 12.4 Å². The predicted octanol–water partition coefficient (Wildman–Crippen LogP) is 4.23. The molecule has 0 saturated carbocycles. The second-order valence-corrected chi connectivity index (χ2v) is 7.64. The Kier molecular flexibility index (Phi) is 5.32. The van der Waals surface area contributed by atoms with Crippen LogP contribution in [0.15, 0.2) is 78.9 Å². The molecule has 0 saturated heterocycles. The second-order valence-electron chi connectivity index (χ2n) is 7.64. The number of aryl methyl sites for hydroxylation is 1. The maximum Gasteiger partial charge on any atom is 0.272 e. The first-order chi connectivity index (χ1) is 16.1. The molecule has 1 amide bonds. The SMILES string of the molecule is COc1ccc(NC(=O)c2cc3ccccc3n2Cc2ccccc2)cc1-n1nnnc1C. The van der Waals surface area contributed by atoms with E-state index in [1.807, 2.05) is 53.1 Å². The van der Waals surface area contributed by atoms with Gasteiger partial charge in [0, 0.05) is 23.1 Å². The minimum Gasteiger partial charge on any atom is -0.494 e. The molecule has 8 nitrogen and oxygen atoms in total. The molecule has 0 atom stereocenters. The van der Waals surface area contributed by atoms with Gasteiger partial charge in [0.05, 0.1) is 7.11 Å². The van der Waals surface area contributed by atoms with E-state index in [9.17, 15) is 4.79 Å². The van der Waals surface area contributed by atoms with Gasteiger partial charge in [0.1, 0.15) is 17.1 Å². The fourth-order valence-electron chi connectivity index (χ4n) is 3.92. The molecule has 0 aliphatic heterocycles. The van der Waals surface area contributed by atoms with Gasteiger partial charge in [0.15, 0.2) is 5.82 Å². The molecular formula is C25H22N6O2. The highest BCUT2D eigenvalue weighted by atomic mass is 16.5. The summed E-state index contributed by atoms with van der Waals surface area (Å²) in [5.41, 5.74) is 3.96. The minimum atomic E-state index is -0.202. The molecule has 0 aliphatic rings. The lowest BCUT2D eigenvalue weighted by Gasteiger charge is -2.13. The Morgan fingerprint density at radius 2 is 1.79 bits per heavy atom. The maximum absolute atomic E-state index is 13.4. The number of methoxy groups -OCH3 is 1. The van der Waals surface area contributed by atoms with Gasteiger partial charge in [0.25, 0.3) is 5.91 Å². The molecule has 0 radical (unpaired) electrons. The van der Waals surface area contributed by atoms with Crippen LogP contribution in [-0.4, -0.2) is 37.8 Å². The number of nitrogens with one attached hydrogen (secondary N) is 1. The summed E-state index contributed by atoms with van der Waals surface area (Å²) in [6.07, 6.45) is 0. The number of tetrazole rings is 1. The third kappa shape index (κ3) is 3.94. The van der Waals surface area contributed by atoms with E-state index in [0.29, 0.717) is 35.2 Å². The van der Waals surface area contributed by atoms with Crippen molar-refractivity contribution in [1.82, 2.24) is 24.8 Å². The van der Waals surface area contributed by atoms with E-state index in [-0.39, 0.29) is 5.91 Å². The highest BCUT2D eigenvalue weighted by Gasteiger charge is 2.18. The lowest BCUT2D eigenvalue weighted by Crippen LogP contribution is -2.18. The van der Waals surface area contributed by atoms with Crippen molar-refractivity contribution < 1.29 is 9.53 Å². The molecule has 1 N–H and O–H groups in total. The Hall–Kier alpha value is -4.46. The molecule has 0 spiro atoms. The minimum absolute atomic E-state index is 0.202. The molecule has 2 aromatic heterocycles. The molecule has 0 bridgehead atoms. The maximum atomic E-state index is 13.4. The fraction of sp³-hybridized carbons (Fsp3) is 0.120. The summed E-state index contributed by atoms with van der Waals surface area (Å²) in [5, 5.41) is 15.7. The average Bonchev–Trinajstić information content (AvgIpc) is 3.43. The number of para-hydroxylation sites is 1. The first-order valence-corrected chi connectivity index (χ1v) is 10.5. The third-order valence-electron chi connectivity index (χ3n) is 5.52. The number of fused-ring (bicyclic) bond motifs is 1. The molecule has 2 heterocycles. The number of nitrogens with zero attached hydrogens (tertiary/aromatic N) is 5. The van der Waals surface area contributed by atoms with Gasteiger partial charge in [-0.2, -0.15) is 4.68 Å². The lowest BCUT2D eigenvalue weighted by molar-refractivity contribution is 0.101. The van der Waals surface area contributed by atoms with Gasteiger partial charge in [-0.15, -0.1) is 5.10 Å². The van der Waals surface area contributed by atoms with Gasteiger partial charge >= 0.3 is 0 Å². The number of ether oxygens (including phenoxy) is 1. The highest BCUT2D eigenvalue weighted by Crippen LogP contribution is 2.27. The summed E-state index contributed by atoms with van der Waals surface area (Å²) in [7, 11) is 1.58. The van der Waals surface area contributed by atoms with E-state index < -0.39 is 0 Å². The van der Waals surface area contributed by atoms with Crippen LogP contribution in [0.2, 0.25) is 0 Å².